The fourth-order valence-corrected chi connectivity index (χ4v) is 4.59. The maximum atomic E-state index is 13.1. The quantitative estimate of drug-likeness (QED) is 0.0465. The molecular formula is C29H34ClN13O5. The highest BCUT2D eigenvalue weighted by molar-refractivity contribution is 6.43. The molecule has 19 heteroatoms. The molecule has 0 aliphatic carbocycles. The van der Waals surface area contributed by atoms with Gasteiger partial charge < -0.3 is 55.9 Å². The van der Waals surface area contributed by atoms with Gasteiger partial charge in [0.05, 0.1) is 22.1 Å². The van der Waals surface area contributed by atoms with Crippen molar-refractivity contribution >= 4 is 70.0 Å². The standard InChI is InChI=1S/C29H34ClN13O5/c1-15(30)24(44)39-22-14-43(5)23(38-22)28(48)37-18-10-21(42(4)13-18)27(47)36-17-9-20(41(3)12-17)26(46)35-16-8-19(40(2)11-16)25(45)33-6-7-34-29(31)32/h8-14H,1,6-7H2,2-5H3,(H,33,45)(H,35,46)(H,36,47)(H,37,48)(H,39,44)(H4,31,32,34). The lowest BCUT2D eigenvalue weighted by Crippen LogP contribution is -2.38. The Hall–Kier alpha value is -6.30. The van der Waals surface area contributed by atoms with Crippen molar-refractivity contribution in [3.63, 3.8) is 0 Å². The predicted molar refractivity (Wildman–Crippen MR) is 179 cm³/mol. The number of carbonyl (C=O) groups is 5. The molecule has 4 rings (SSSR count). The van der Waals surface area contributed by atoms with Crippen molar-refractivity contribution in [2.24, 2.45) is 33.9 Å². The lowest BCUT2D eigenvalue weighted by atomic mass is 10.3. The zero-order chi connectivity index (χ0) is 35.3. The molecule has 0 atom stereocenters. The SMILES string of the molecule is C=C(Cl)C(=O)Nc1cn(C)c(C(=O)Nc2cc(C(=O)Nc3cc(C(=O)Nc4cc(C(=O)NCCNC(=N)N)n(C)c4)n(C)c3)n(C)c2)n1. The largest absolute Gasteiger partial charge is 0.370 e. The van der Waals surface area contributed by atoms with E-state index in [1.807, 2.05) is 0 Å². The summed E-state index contributed by atoms with van der Waals surface area (Å²) in [4.78, 5) is 67.5. The van der Waals surface area contributed by atoms with Gasteiger partial charge in [-0.15, -0.1) is 0 Å². The Balaban J connectivity index is 1.37. The van der Waals surface area contributed by atoms with Crippen molar-refractivity contribution < 1.29 is 24.0 Å². The summed E-state index contributed by atoms with van der Waals surface area (Å²) >= 11 is 5.58. The van der Waals surface area contributed by atoms with Crippen LogP contribution in [0, 0.1) is 5.41 Å². The van der Waals surface area contributed by atoms with Gasteiger partial charge >= 0.3 is 0 Å². The van der Waals surface area contributed by atoms with E-state index in [9.17, 15) is 24.0 Å². The fraction of sp³-hybridized carbons (Fsp3) is 0.207. The average Bonchev–Trinajstić information content (AvgIpc) is 3.76. The molecule has 48 heavy (non-hydrogen) atoms. The monoisotopic (exact) mass is 679 g/mol. The molecule has 0 bridgehead atoms. The van der Waals surface area contributed by atoms with Crippen LogP contribution in [-0.2, 0) is 33.0 Å². The van der Waals surface area contributed by atoms with Gasteiger partial charge in [-0.2, -0.15) is 0 Å². The number of carbonyl (C=O) groups excluding carboxylic acids is 5. The van der Waals surface area contributed by atoms with Gasteiger partial charge in [0.2, 0.25) is 5.82 Å². The van der Waals surface area contributed by atoms with Crippen LogP contribution in [0.2, 0.25) is 0 Å². The number of anilines is 4. The first-order chi connectivity index (χ1) is 22.6. The summed E-state index contributed by atoms with van der Waals surface area (Å²) < 4.78 is 6.02. The van der Waals surface area contributed by atoms with E-state index in [0.29, 0.717) is 22.8 Å². The van der Waals surface area contributed by atoms with E-state index in [4.69, 9.17) is 22.7 Å². The number of aromatic nitrogens is 5. The molecule has 0 fully saturated rings. The lowest BCUT2D eigenvalue weighted by Gasteiger charge is -2.06. The van der Waals surface area contributed by atoms with E-state index in [1.54, 1.807) is 45.2 Å². The topological polar surface area (TPSA) is 240 Å². The Labute approximate surface area is 278 Å². The number of hydrogen-bond acceptors (Lipinski definition) is 7. The van der Waals surface area contributed by atoms with Crippen LogP contribution in [0.1, 0.15) is 42.1 Å². The third kappa shape index (κ3) is 8.29. The van der Waals surface area contributed by atoms with Crippen LogP contribution in [0.3, 0.4) is 0 Å². The number of amides is 5. The highest BCUT2D eigenvalue weighted by Crippen LogP contribution is 2.20. The molecule has 4 aromatic heterocycles. The van der Waals surface area contributed by atoms with Gasteiger partial charge in [-0.25, -0.2) is 4.98 Å². The van der Waals surface area contributed by atoms with E-state index in [0.717, 1.165) is 0 Å². The Bertz CT molecular complexity index is 1950. The highest BCUT2D eigenvalue weighted by atomic mass is 35.5. The first-order valence-corrected chi connectivity index (χ1v) is 14.5. The molecule has 4 aromatic rings. The highest BCUT2D eigenvalue weighted by Gasteiger charge is 2.21. The van der Waals surface area contributed by atoms with E-state index in [1.165, 1.54) is 44.3 Å². The fourth-order valence-electron chi connectivity index (χ4n) is 4.54. The molecule has 4 heterocycles. The zero-order valence-corrected chi connectivity index (χ0v) is 27.2. The molecule has 252 valence electrons. The second-order valence-corrected chi connectivity index (χ2v) is 11.0. The molecule has 0 aliphatic rings. The molecular weight excluding hydrogens is 646 g/mol. The second kappa shape index (κ2) is 14.4. The summed E-state index contributed by atoms with van der Waals surface area (Å²) in [6, 6.07) is 4.48. The van der Waals surface area contributed by atoms with Gasteiger partial charge in [0, 0.05) is 66.1 Å². The molecule has 5 amide bonds. The minimum Gasteiger partial charge on any atom is -0.370 e. The zero-order valence-electron chi connectivity index (χ0n) is 26.4. The Kier molecular flexibility index (Phi) is 10.4. The first-order valence-electron chi connectivity index (χ1n) is 14.1. The van der Waals surface area contributed by atoms with E-state index >= 15 is 0 Å². The van der Waals surface area contributed by atoms with Crippen LogP contribution >= 0.6 is 11.6 Å². The van der Waals surface area contributed by atoms with Gasteiger partial charge in [-0.1, -0.05) is 18.2 Å². The third-order valence-corrected chi connectivity index (χ3v) is 6.95. The summed E-state index contributed by atoms with van der Waals surface area (Å²) in [5, 5.41) is 22.8. The van der Waals surface area contributed by atoms with Crippen molar-refractivity contribution in [3.8, 4) is 0 Å². The molecule has 0 aliphatic heterocycles. The molecule has 18 nitrogen and oxygen atoms in total. The number of halogens is 1. The minimum atomic E-state index is -0.657. The van der Waals surface area contributed by atoms with Crippen LogP contribution in [-0.4, -0.2) is 71.8 Å². The maximum Gasteiger partial charge on any atom is 0.291 e. The number of imidazole rings is 1. The molecule has 0 radical (unpaired) electrons. The number of nitrogens with zero attached hydrogens (tertiary/aromatic N) is 5. The number of guanidine groups is 1. The van der Waals surface area contributed by atoms with Crippen LogP contribution in [0.4, 0.5) is 22.9 Å². The summed E-state index contributed by atoms with van der Waals surface area (Å²) in [5.74, 6) is -2.71. The lowest BCUT2D eigenvalue weighted by molar-refractivity contribution is -0.112. The maximum absolute atomic E-state index is 13.1. The summed E-state index contributed by atoms with van der Waals surface area (Å²) in [7, 11) is 6.49. The third-order valence-electron chi connectivity index (χ3n) is 6.78. The molecule has 9 N–H and O–H groups in total. The van der Waals surface area contributed by atoms with Crippen molar-refractivity contribution in [2.45, 2.75) is 0 Å². The molecule has 0 saturated heterocycles. The van der Waals surface area contributed by atoms with Crippen LogP contribution < -0.4 is 37.6 Å². The molecule has 0 spiro atoms. The molecule has 0 unspecified atom stereocenters. The number of nitrogens with two attached hydrogens (primary N) is 1. The second-order valence-electron chi connectivity index (χ2n) is 10.6. The van der Waals surface area contributed by atoms with Gasteiger partial charge in [0.15, 0.2) is 11.8 Å². The van der Waals surface area contributed by atoms with E-state index in [-0.39, 0.29) is 53.0 Å². The van der Waals surface area contributed by atoms with E-state index < -0.39 is 23.6 Å². The normalized spacial score (nSPS) is 10.6. The van der Waals surface area contributed by atoms with Crippen molar-refractivity contribution in [1.29, 1.82) is 5.41 Å². The Morgan fingerprint density at radius 1 is 0.708 bits per heavy atom. The van der Waals surface area contributed by atoms with Crippen LogP contribution in [0.25, 0.3) is 0 Å². The summed E-state index contributed by atoms with van der Waals surface area (Å²) in [6.07, 6.45) is 6.12. The minimum absolute atomic E-state index is 0.0101. The summed E-state index contributed by atoms with van der Waals surface area (Å²) in [5.41, 5.74) is 7.01. The van der Waals surface area contributed by atoms with Crippen molar-refractivity contribution in [1.82, 2.24) is 33.9 Å². The molecule has 0 saturated carbocycles. The van der Waals surface area contributed by atoms with Crippen LogP contribution in [0.5, 0.6) is 0 Å². The van der Waals surface area contributed by atoms with Gasteiger partial charge in [0.25, 0.3) is 29.5 Å². The number of hydrogen-bond donors (Lipinski definition) is 8. The first kappa shape index (κ1) is 34.6. The van der Waals surface area contributed by atoms with E-state index in [2.05, 4.69) is 43.5 Å². The summed E-state index contributed by atoms with van der Waals surface area (Å²) in [6.45, 7) is 3.86. The smallest absolute Gasteiger partial charge is 0.291 e. The molecule has 0 aromatic carbocycles. The number of rotatable bonds is 12. The van der Waals surface area contributed by atoms with Crippen molar-refractivity contribution in [3.05, 3.63) is 77.5 Å². The Morgan fingerprint density at radius 3 is 1.60 bits per heavy atom. The van der Waals surface area contributed by atoms with Gasteiger partial charge in [-0.05, 0) is 18.2 Å². The van der Waals surface area contributed by atoms with Crippen molar-refractivity contribution in [2.75, 3.05) is 34.4 Å². The van der Waals surface area contributed by atoms with Crippen LogP contribution in [0.15, 0.2) is 54.6 Å². The van der Waals surface area contributed by atoms with Gasteiger partial charge in [0.1, 0.15) is 17.1 Å². The predicted octanol–water partition coefficient (Wildman–Crippen LogP) is 1.10. The number of nitrogens with one attached hydrogen (secondary N) is 7. The number of aryl methyl sites for hydroxylation is 4. The van der Waals surface area contributed by atoms with Gasteiger partial charge in [-0.3, -0.25) is 29.4 Å². The average molecular weight is 680 g/mol. The Morgan fingerprint density at radius 2 is 1.15 bits per heavy atom.